The maximum Gasteiger partial charge on any atom is 0.142 e. The molecule has 0 bridgehead atoms. The van der Waals surface area contributed by atoms with E-state index in [1.54, 1.807) is 7.11 Å². The van der Waals surface area contributed by atoms with E-state index in [1.165, 1.54) is 15.3 Å². The van der Waals surface area contributed by atoms with Crippen molar-refractivity contribution in [2.24, 2.45) is 0 Å². The topological polar surface area (TPSA) is 21.3 Å². The first-order valence-corrected chi connectivity index (χ1v) is 7.69. The number of hydrogen-bond donors (Lipinski definition) is 1. The minimum absolute atomic E-state index is 0.227. The molecule has 1 aromatic heterocycles. The molecule has 3 heteroatoms. The van der Waals surface area contributed by atoms with E-state index in [4.69, 9.17) is 4.74 Å². The number of methoxy groups -OCH3 is 1. The maximum atomic E-state index is 5.41. The molecule has 0 saturated carbocycles. The van der Waals surface area contributed by atoms with Crippen molar-refractivity contribution in [2.75, 3.05) is 12.4 Å². The molecule has 0 unspecified atom stereocenters. The van der Waals surface area contributed by atoms with Gasteiger partial charge in [0.1, 0.15) is 5.75 Å². The van der Waals surface area contributed by atoms with Crippen molar-refractivity contribution < 1.29 is 4.74 Å². The number of nitrogens with one attached hydrogen (secondary N) is 1. The van der Waals surface area contributed by atoms with Gasteiger partial charge in [0.2, 0.25) is 0 Å². The molecule has 2 rings (SSSR count). The van der Waals surface area contributed by atoms with E-state index in [9.17, 15) is 0 Å². The number of ether oxygens (including phenoxy) is 1. The zero-order valence-corrected chi connectivity index (χ0v) is 13.7. The van der Waals surface area contributed by atoms with Crippen LogP contribution in [0.1, 0.15) is 36.1 Å². The van der Waals surface area contributed by atoms with Crippen LogP contribution in [-0.2, 0) is 12.0 Å². The van der Waals surface area contributed by atoms with Gasteiger partial charge in [-0.25, -0.2) is 0 Å². The third-order valence-electron chi connectivity index (χ3n) is 3.21. The monoisotopic (exact) mass is 289 g/mol. The third kappa shape index (κ3) is 3.54. The second kappa shape index (κ2) is 5.88. The summed E-state index contributed by atoms with van der Waals surface area (Å²) in [5.74, 6) is 0.901. The zero-order chi connectivity index (χ0) is 14.8. The fraction of sp³-hybridized carbons (Fsp3) is 0.412. The number of thiophene rings is 1. The molecule has 0 saturated heterocycles. The molecule has 1 aromatic carbocycles. The van der Waals surface area contributed by atoms with Crippen LogP contribution in [-0.4, -0.2) is 7.11 Å². The predicted molar refractivity (Wildman–Crippen MR) is 88.1 cm³/mol. The SMILES string of the molecule is COc1cc(C)ccc1NCc1ccc(C(C)(C)C)s1. The third-order valence-corrected chi connectivity index (χ3v) is 4.72. The van der Waals surface area contributed by atoms with Crippen molar-refractivity contribution in [3.05, 3.63) is 45.6 Å². The number of aryl methyl sites for hydroxylation is 1. The van der Waals surface area contributed by atoms with Crippen molar-refractivity contribution in [3.8, 4) is 5.75 Å². The van der Waals surface area contributed by atoms with E-state index >= 15 is 0 Å². The Morgan fingerprint density at radius 3 is 2.50 bits per heavy atom. The lowest BCUT2D eigenvalue weighted by Crippen LogP contribution is -2.07. The highest BCUT2D eigenvalue weighted by atomic mass is 32.1. The molecule has 108 valence electrons. The summed E-state index contributed by atoms with van der Waals surface area (Å²) < 4.78 is 5.41. The van der Waals surface area contributed by atoms with E-state index in [-0.39, 0.29) is 5.41 Å². The smallest absolute Gasteiger partial charge is 0.142 e. The standard InChI is InChI=1S/C17H23NOS/c1-12-6-8-14(15(10-12)19-5)18-11-13-7-9-16(20-13)17(2,3)4/h6-10,18H,11H2,1-5H3. The Balaban J connectivity index is 2.07. The molecular weight excluding hydrogens is 266 g/mol. The number of anilines is 1. The molecule has 0 aliphatic carbocycles. The lowest BCUT2D eigenvalue weighted by molar-refractivity contribution is 0.416. The zero-order valence-electron chi connectivity index (χ0n) is 12.9. The molecule has 0 amide bonds. The molecule has 0 aliphatic rings. The van der Waals surface area contributed by atoms with Crippen molar-refractivity contribution in [2.45, 2.75) is 39.7 Å². The minimum Gasteiger partial charge on any atom is -0.495 e. The van der Waals surface area contributed by atoms with E-state index in [0.29, 0.717) is 0 Å². The van der Waals surface area contributed by atoms with Crippen molar-refractivity contribution in [3.63, 3.8) is 0 Å². The molecule has 0 spiro atoms. The molecule has 20 heavy (non-hydrogen) atoms. The Hall–Kier alpha value is -1.48. The van der Waals surface area contributed by atoms with E-state index in [2.05, 4.69) is 63.3 Å². The Morgan fingerprint density at radius 2 is 1.90 bits per heavy atom. The van der Waals surface area contributed by atoms with Gasteiger partial charge in [-0.15, -0.1) is 11.3 Å². The molecule has 0 fully saturated rings. The highest BCUT2D eigenvalue weighted by molar-refractivity contribution is 7.12. The van der Waals surface area contributed by atoms with Crippen LogP contribution in [0.5, 0.6) is 5.75 Å². The van der Waals surface area contributed by atoms with E-state index in [0.717, 1.165) is 18.0 Å². The van der Waals surface area contributed by atoms with Crippen LogP contribution >= 0.6 is 11.3 Å². The molecule has 1 N–H and O–H groups in total. The number of benzene rings is 1. The number of hydrogen-bond acceptors (Lipinski definition) is 3. The summed E-state index contributed by atoms with van der Waals surface area (Å²) in [4.78, 5) is 2.77. The van der Waals surface area contributed by atoms with Gasteiger partial charge in [-0.1, -0.05) is 26.8 Å². The second-order valence-corrected chi connectivity index (χ2v) is 7.24. The normalized spacial score (nSPS) is 11.4. The van der Waals surface area contributed by atoms with Crippen molar-refractivity contribution in [1.29, 1.82) is 0 Å². The van der Waals surface area contributed by atoms with E-state index in [1.807, 2.05) is 11.3 Å². The lowest BCUT2D eigenvalue weighted by atomic mass is 9.95. The average Bonchev–Trinajstić information content (AvgIpc) is 2.86. The Morgan fingerprint density at radius 1 is 1.15 bits per heavy atom. The summed E-state index contributed by atoms with van der Waals surface area (Å²) in [5.41, 5.74) is 2.48. The highest BCUT2D eigenvalue weighted by Gasteiger charge is 2.16. The van der Waals surface area contributed by atoms with Gasteiger partial charge in [0.05, 0.1) is 12.8 Å². The predicted octanol–water partition coefficient (Wildman–Crippen LogP) is 4.97. The summed E-state index contributed by atoms with van der Waals surface area (Å²) in [5, 5.41) is 3.46. The Labute approximate surface area is 125 Å². The van der Waals surface area contributed by atoms with Crippen LogP contribution < -0.4 is 10.1 Å². The van der Waals surface area contributed by atoms with Gasteiger partial charge >= 0.3 is 0 Å². The summed E-state index contributed by atoms with van der Waals surface area (Å²) >= 11 is 1.87. The molecule has 0 aliphatic heterocycles. The van der Waals surface area contributed by atoms with Crippen molar-refractivity contribution >= 4 is 17.0 Å². The fourth-order valence-electron chi connectivity index (χ4n) is 2.00. The molecule has 0 atom stereocenters. The van der Waals surface area contributed by atoms with Crippen LogP contribution in [0, 0.1) is 6.92 Å². The van der Waals surface area contributed by atoms with Gasteiger partial charge in [0.25, 0.3) is 0 Å². The van der Waals surface area contributed by atoms with Gasteiger partial charge in [0, 0.05) is 16.3 Å². The fourth-order valence-corrected chi connectivity index (χ4v) is 3.01. The van der Waals surface area contributed by atoms with Gasteiger partial charge in [-0.2, -0.15) is 0 Å². The first-order chi connectivity index (χ1) is 9.40. The van der Waals surface area contributed by atoms with Gasteiger partial charge in [-0.3, -0.25) is 0 Å². The summed E-state index contributed by atoms with van der Waals surface area (Å²) in [6.45, 7) is 9.65. The lowest BCUT2D eigenvalue weighted by Gasteiger charge is -2.15. The summed E-state index contributed by atoms with van der Waals surface area (Å²) in [7, 11) is 1.71. The quantitative estimate of drug-likeness (QED) is 0.857. The largest absolute Gasteiger partial charge is 0.495 e. The molecule has 0 radical (unpaired) electrons. The average molecular weight is 289 g/mol. The second-order valence-electron chi connectivity index (χ2n) is 6.07. The summed E-state index contributed by atoms with van der Waals surface area (Å²) in [6, 6.07) is 10.7. The van der Waals surface area contributed by atoms with Crippen LogP contribution in [0.25, 0.3) is 0 Å². The van der Waals surface area contributed by atoms with Crippen LogP contribution in [0.3, 0.4) is 0 Å². The van der Waals surface area contributed by atoms with Gasteiger partial charge < -0.3 is 10.1 Å². The van der Waals surface area contributed by atoms with E-state index < -0.39 is 0 Å². The highest BCUT2D eigenvalue weighted by Crippen LogP contribution is 2.31. The van der Waals surface area contributed by atoms with Crippen molar-refractivity contribution in [1.82, 2.24) is 0 Å². The van der Waals surface area contributed by atoms with Crippen LogP contribution in [0.4, 0.5) is 5.69 Å². The minimum atomic E-state index is 0.227. The van der Waals surface area contributed by atoms with Gasteiger partial charge in [-0.05, 0) is 42.2 Å². The number of rotatable bonds is 4. The Kier molecular flexibility index (Phi) is 4.39. The Bertz CT molecular complexity index is 581. The first-order valence-electron chi connectivity index (χ1n) is 6.88. The molecular formula is C17H23NOS. The maximum absolute atomic E-state index is 5.41. The molecule has 2 nitrogen and oxygen atoms in total. The van der Waals surface area contributed by atoms with Crippen LogP contribution in [0.2, 0.25) is 0 Å². The molecule has 2 aromatic rings. The van der Waals surface area contributed by atoms with Crippen LogP contribution in [0.15, 0.2) is 30.3 Å². The molecule has 1 heterocycles. The summed E-state index contributed by atoms with van der Waals surface area (Å²) in [6.07, 6.45) is 0. The van der Waals surface area contributed by atoms with Gasteiger partial charge in [0.15, 0.2) is 0 Å². The first kappa shape index (κ1) is 14.9.